The topological polar surface area (TPSA) is 71.5 Å². The van der Waals surface area contributed by atoms with Crippen molar-refractivity contribution >= 4 is 10.0 Å². The highest BCUT2D eigenvalue weighted by Crippen LogP contribution is 2.26. The van der Waals surface area contributed by atoms with E-state index in [1.54, 1.807) is 6.92 Å². The molecule has 2 atom stereocenters. The predicted octanol–water partition coefficient (Wildman–Crippen LogP) is 3.03. The lowest BCUT2D eigenvalue weighted by Gasteiger charge is -2.28. The molecule has 1 N–H and O–H groups in total. The Bertz CT molecular complexity index is 980. The number of fused-ring (bicyclic) bond motifs is 5. The van der Waals surface area contributed by atoms with E-state index in [-0.39, 0.29) is 17.8 Å². The number of nitrogens with one attached hydrogen (secondary N) is 1. The van der Waals surface area contributed by atoms with E-state index in [4.69, 9.17) is 9.72 Å². The van der Waals surface area contributed by atoms with Crippen LogP contribution >= 0.6 is 0 Å². The van der Waals surface area contributed by atoms with Crippen LogP contribution in [0.15, 0.2) is 42.5 Å². The number of hydrogen-bond acceptors (Lipinski definition) is 5. The number of sulfonamides is 1. The Kier molecular flexibility index (Phi) is 7.38. The van der Waals surface area contributed by atoms with Crippen molar-refractivity contribution in [3.05, 3.63) is 53.7 Å². The van der Waals surface area contributed by atoms with Crippen LogP contribution in [0.5, 0.6) is 0 Å². The Morgan fingerprint density at radius 1 is 1.10 bits per heavy atom. The Hall–Kier alpha value is -1.80. The molecule has 1 fully saturated rings. The van der Waals surface area contributed by atoms with Gasteiger partial charge in [-0.15, -0.1) is 0 Å². The van der Waals surface area contributed by atoms with Crippen molar-refractivity contribution in [2.45, 2.75) is 51.1 Å². The molecule has 31 heavy (non-hydrogen) atoms. The molecule has 0 saturated carbocycles. The van der Waals surface area contributed by atoms with Gasteiger partial charge in [0.05, 0.1) is 18.1 Å². The van der Waals surface area contributed by atoms with Gasteiger partial charge in [0.2, 0.25) is 10.0 Å². The van der Waals surface area contributed by atoms with E-state index in [9.17, 15) is 8.42 Å². The molecule has 7 heteroatoms. The molecule has 2 aromatic rings. The third kappa shape index (κ3) is 5.71. The molecular formula is C24H33N3O3S. The number of nitrogens with zero attached hydrogens (tertiary/aromatic N) is 2. The van der Waals surface area contributed by atoms with Crippen LogP contribution in [0.1, 0.15) is 37.4 Å². The molecule has 1 aromatic heterocycles. The lowest BCUT2D eigenvalue weighted by atomic mass is 9.98. The third-order valence-electron chi connectivity index (χ3n) is 6.40. The van der Waals surface area contributed by atoms with E-state index >= 15 is 0 Å². The first kappa shape index (κ1) is 22.4. The van der Waals surface area contributed by atoms with E-state index in [1.807, 2.05) is 0 Å². The molecule has 3 heterocycles. The van der Waals surface area contributed by atoms with Crippen LogP contribution in [-0.2, 0) is 27.6 Å². The van der Waals surface area contributed by atoms with Gasteiger partial charge in [0.25, 0.3) is 0 Å². The second-order valence-corrected chi connectivity index (χ2v) is 10.5. The molecule has 0 amide bonds. The minimum absolute atomic E-state index is 0.0769. The molecule has 4 rings (SSSR count). The van der Waals surface area contributed by atoms with Crippen molar-refractivity contribution in [2.75, 3.05) is 32.1 Å². The predicted molar refractivity (Wildman–Crippen MR) is 123 cm³/mol. The highest BCUT2D eigenvalue weighted by Gasteiger charge is 2.36. The van der Waals surface area contributed by atoms with Gasteiger partial charge in [-0.25, -0.2) is 13.1 Å². The van der Waals surface area contributed by atoms with Crippen LogP contribution in [0.4, 0.5) is 0 Å². The van der Waals surface area contributed by atoms with Gasteiger partial charge >= 0.3 is 0 Å². The summed E-state index contributed by atoms with van der Waals surface area (Å²) >= 11 is 0. The van der Waals surface area contributed by atoms with Crippen molar-refractivity contribution in [2.24, 2.45) is 0 Å². The summed E-state index contributed by atoms with van der Waals surface area (Å²) in [5.41, 5.74) is 4.50. The average molecular weight is 444 g/mol. The van der Waals surface area contributed by atoms with Gasteiger partial charge in [-0.05, 0) is 50.3 Å². The van der Waals surface area contributed by atoms with Crippen LogP contribution in [0.25, 0.3) is 11.3 Å². The van der Waals surface area contributed by atoms with Gasteiger partial charge in [-0.3, -0.25) is 9.88 Å². The van der Waals surface area contributed by atoms with Crippen LogP contribution in [0.2, 0.25) is 0 Å². The molecule has 0 spiro atoms. The molecule has 168 valence electrons. The molecule has 2 unspecified atom stereocenters. The monoisotopic (exact) mass is 443 g/mol. The Morgan fingerprint density at radius 3 is 2.84 bits per heavy atom. The van der Waals surface area contributed by atoms with Crippen LogP contribution in [0, 0.1) is 0 Å². The van der Waals surface area contributed by atoms with Crippen molar-refractivity contribution < 1.29 is 13.2 Å². The minimum atomic E-state index is -3.26. The fourth-order valence-corrected chi connectivity index (χ4v) is 5.57. The highest BCUT2D eigenvalue weighted by atomic mass is 32.2. The molecule has 0 aliphatic carbocycles. The van der Waals surface area contributed by atoms with Crippen LogP contribution in [0.3, 0.4) is 0 Å². The number of hydrogen-bond donors (Lipinski definition) is 1. The van der Waals surface area contributed by atoms with E-state index in [0.29, 0.717) is 13.0 Å². The standard InChI is InChI=1S/C24H33N3O3S/c1-2-31(28,29)26-23-13-14-27-15-17-30-16-6-5-9-19-8-3-4-11-21(19)22-12-7-10-20(25-22)18-24(23)27/h3-4,7-8,10-12,23-24,26H,2,5-6,9,13-18H2,1H3. The molecular weight excluding hydrogens is 410 g/mol. The lowest BCUT2D eigenvalue weighted by molar-refractivity contribution is 0.0951. The Labute approximate surface area is 186 Å². The number of rotatable bonds is 3. The van der Waals surface area contributed by atoms with E-state index in [1.165, 1.54) is 11.1 Å². The Balaban J connectivity index is 1.65. The summed E-state index contributed by atoms with van der Waals surface area (Å²) in [5.74, 6) is 0.101. The van der Waals surface area contributed by atoms with Gasteiger partial charge in [-0.2, -0.15) is 0 Å². The molecule has 0 radical (unpaired) electrons. The number of aromatic nitrogens is 1. The number of benzene rings is 1. The second kappa shape index (κ2) is 10.2. The maximum absolute atomic E-state index is 12.3. The average Bonchev–Trinajstić information content (AvgIpc) is 3.13. The van der Waals surface area contributed by atoms with Crippen molar-refractivity contribution in [3.8, 4) is 11.3 Å². The van der Waals surface area contributed by atoms with Crippen molar-refractivity contribution in [3.63, 3.8) is 0 Å². The largest absolute Gasteiger partial charge is 0.380 e. The number of ether oxygens (including phenoxy) is 1. The van der Waals surface area contributed by atoms with E-state index < -0.39 is 10.0 Å². The minimum Gasteiger partial charge on any atom is -0.380 e. The zero-order valence-corrected chi connectivity index (χ0v) is 19.1. The zero-order valence-electron chi connectivity index (χ0n) is 18.3. The Morgan fingerprint density at radius 2 is 1.97 bits per heavy atom. The number of pyridine rings is 1. The zero-order chi connectivity index (χ0) is 21.7. The highest BCUT2D eigenvalue weighted by molar-refractivity contribution is 7.89. The quantitative estimate of drug-likeness (QED) is 0.790. The van der Waals surface area contributed by atoms with Crippen molar-refractivity contribution in [1.29, 1.82) is 0 Å². The van der Waals surface area contributed by atoms with E-state index in [0.717, 1.165) is 56.8 Å². The lowest BCUT2D eigenvalue weighted by Crippen LogP contribution is -2.47. The second-order valence-electron chi connectivity index (χ2n) is 8.46. The summed E-state index contributed by atoms with van der Waals surface area (Å²) in [6, 6.07) is 14.7. The first-order valence-corrected chi connectivity index (χ1v) is 13.1. The first-order valence-electron chi connectivity index (χ1n) is 11.4. The maximum Gasteiger partial charge on any atom is 0.211 e. The summed E-state index contributed by atoms with van der Waals surface area (Å²) in [6.07, 6.45) is 4.66. The molecule has 2 aliphatic heterocycles. The van der Waals surface area contributed by atoms with Crippen molar-refractivity contribution in [1.82, 2.24) is 14.6 Å². The number of aryl methyl sites for hydroxylation is 1. The van der Waals surface area contributed by atoms with E-state index in [2.05, 4.69) is 52.1 Å². The molecule has 2 aliphatic rings. The van der Waals surface area contributed by atoms with Gasteiger partial charge in [-0.1, -0.05) is 30.3 Å². The van der Waals surface area contributed by atoms with Gasteiger partial charge in [0, 0.05) is 49.5 Å². The summed E-state index contributed by atoms with van der Waals surface area (Å²) < 4.78 is 33.4. The fourth-order valence-electron chi connectivity index (χ4n) is 4.67. The third-order valence-corrected chi connectivity index (χ3v) is 7.82. The van der Waals surface area contributed by atoms with Crippen LogP contribution in [-0.4, -0.2) is 62.4 Å². The smallest absolute Gasteiger partial charge is 0.211 e. The van der Waals surface area contributed by atoms with Gasteiger partial charge < -0.3 is 4.74 Å². The molecule has 1 saturated heterocycles. The first-order chi connectivity index (χ1) is 15.1. The molecule has 1 aromatic carbocycles. The van der Waals surface area contributed by atoms with Gasteiger partial charge in [0.15, 0.2) is 0 Å². The molecule has 2 bridgehead atoms. The SMILES string of the molecule is CCS(=O)(=O)NC1CCN2CCOCCCCc3ccccc3-c3cccc(n3)CC12. The molecule has 6 nitrogen and oxygen atoms in total. The summed E-state index contributed by atoms with van der Waals surface area (Å²) in [5, 5.41) is 0. The summed E-state index contributed by atoms with van der Waals surface area (Å²) in [4.78, 5) is 7.37. The van der Waals surface area contributed by atoms with Gasteiger partial charge in [0.1, 0.15) is 0 Å². The maximum atomic E-state index is 12.3. The fraction of sp³-hybridized carbons (Fsp3) is 0.542. The van der Waals surface area contributed by atoms with Crippen LogP contribution < -0.4 is 4.72 Å². The summed E-state index contributed by atoms with van der Waals surface area (Å²) in [6.45, 7) is 4.80. The summed E-state index contributed by atoms with van der Waals surface area (Å²) in [7, 11) is -3.26. The normalized spacial score (nSPS) is 23.4.